The van der Waals surface area contributed by atoms with Gasteiger partial charge in [0.25, 0.3) is 0 Å². The zero-order valence-corrected chi connectivity index (χ0v) is 14.4. The predicted octanol–water partition coefficient (Wildman–Crippen LogP) is 1.55. The van der Waals surface area contributed by atoms with E-state index in [1.807, 2.05) is 0 Å². The third-order valence-corrected chi connectivity index (χ3v) is 5.29. The number of likely N-dealkylation sites (tertiary alicyclic amines) is 1. The van der Waals surface area contributed by atoms with Gasteiger partial charge in [-0.15, -0.1) is 0 Å². The molecule has 2 aliphatic rings. The number of primary amides is 1. The van der Waals surface area contributed by atoms with Crippen molar-refractivity contribution in [3.05, 3.63) is 24.0 Å². The fourth-order valence-corrected chi connectivity index (χ4v) is 3.68. The van der Waals surface area contributed by atoms with Gasteiger partial charge in [0.05, 0.1) is 17.4 Å². The number of amides is 3. The summed E-state index contributed by atoms with van der Waals surface area (Å²) in [6.45, 7) is 2.72. The number of nitrogens with two attached hydrogens (primary N) is 1. The SMILES string of the molecule is C[C@H]1CC[C@H](C2CCC2)N(C(=O)C(=O)Nc2cncc(C(N)=O)c2)C1. The zero-order valence-electron chi connectivity index (χ0n) is 14.4. The number of hydrogen-bond donors (Lipinski definition) is 2. The number of nitrogens with zero attached hydrogens (tertiary/aromatic N) is 2. The van der Waals surface area contributed by atoms with Crippen LogP contribution in [0.5, 0.6) is 0 Å². The average molecular weight is 344 g/mol. The second-order valence-corrected chi connectivity index (χ2v) is 7.18. The minimum atomic E-state index is -0.693. The Hall–Kier alpha value is -2.44. The fourth-order valence-electron chi connectivity index (χ4n) is 3.68. The number of carbonyl (C=O) groups is 3. The Morgan fingerprint density at radius 1 is 1.20 bits per heavy atom. The van der Waals surface area contributed by atoms with Gasteiger partial charge in [-0.05, 0) is 43.6 Å². The highest BCUT2D eigenvalue weighted by Crippen LogP contribution is 2.37. The molecule has 1 saturated carbocycles. The summed E-state index contributed by atoms with van der Waals surface area (Å²) < 4.78 is 0. The molecule has 2 fully saturated rings. The third kappa shape index (κ3) is 3.81. The summed E-state index contributed by atoms with van der Waals surface area (Å²) in [5, 5.41) is 2.54. The van der Waals surface area contributed by atoms with Crippen LogP contribution in [0.15, 0.2) is 18.5 Å². The molecule has 134 valence electrons. The molecule has 1 saturated heterocycles. The van der Waals surface area contributed by atoms with E-state index in [4.69, 9.17) is 5.73 Å². The first-order valence-corrected chi connectivity index (χ1v) is 8.82. The van der Waals surface area contributed by atoms with Crippen LogP contribution in [-0.4, -0.2) is 40.2 Å². The Morgan fingerprint density at radius 3 is 2.60 bits per heavy atom. The van der Waals surface area contributed by atoms with E-state index in [0.29, 0.717) is 24.1 Å². The number of hydrogen-bond acceptors (Lipinski definition) is 4. The van der Waals surface area contributed by atoms with E-state index in [1.54, 1.807) is 4.90 Å². The largest absolute Gasteiger partial charge is 0.366 e. The first kappa shape index (κ1) is 17.4. The number of piperidine rings is 1. The van der Waals surface area contributed by atoms with Crippen molar-refractivity contribution in [1.29, 1.82) is 0 Å². The molecule has 1 aromatic heterocycles. The smallest absolute Gasteiger partial charge is 0.313 e. The van der Waals surface area contributed by atoms with Crippen molar-refractivity contribution >= 4 is 23.4 Å². The van der Waals surface area contributed by atoms with Crippen LogP contribution in [0.3, 0.4) is 0 Å². The number of rotatable bonds is 3. The molecule has 7 nitrogen and oxygen atoms in total. The van der Waals surface area contributed by atoms with Gasteiger partial charge < -0.3 is 16.0 Å². The lowest BCUT2D eigenvalue weighted by Crippen LogP contribution is -2.54. The van der Waals surface area contributed by atoms with E-state index in [2.05, 4.69) is 17.2 Å². The molecule has 3 rings (SSSR count). The average Bonchev–Trinajstić information content (AvgIpc) is 2.54. The van der Waals surface area contributed by atoms with Crippen molar-refractivity contribution in [2.24, 2.45) is 17.6 Å². The molecule has 25 heavy (non-hydrogen) atoms. The number of carbonyl (C=O) groups excluding carboxylic acids is 3. The molecule has 0 spiro atoms. The number of anilines is 1. The molecular formula is C18H24N4O3. The molecule has 0 radical (unpaired) electrons. The first-order valence-electron chi connectivity index (χ1n) is 8.82. The van der Waals surface area contributed by atoms with Crippen LogP contribution in [-0.2, 0) is 9.59 Å². The Bertz CT molecular complexity index is 687. The summed E-state index contributed by atoms with van der Waals surface area (Å²) in [6.07, 6.45) is 8.24. The summed E-state index contributed by atoms with van der Waals surface area (Å²) in [5.74, 6) is -0.920. The van der Waals surface area contributed by atoms with Crippen LogP contribution in [0, 0.1) is 11.8 Å². The molecule has 1 aliphatic heterocycles. The molecule has 3 amide bonds. The highest BCUT2D eigenvalue weighted by atomic mass is 16.2. The summed E-state index contributed by atoms with van der Waals surface area (Å²) in [6, 6.07) is 1.58. The lowest BCUT2D eigenvalue weighted by Gasteiger charge is -2.45. The lowest BCUT2D eigenvalue weighted by atomic mass is 9.75. The predicted molar refractivity (Wildman–Crippen MR) is 92.6 cm³/mol. The third-order valence-electron chi connectivity index (χ3n) is 5.29. The van der Waals surface area contributed by atoms with Gasteiger partial charge in [-0.1, -0.05) is 13.3 Å². The summed E-state index contributed by atoms with van der Waals surface area (Å²) >= 11 is 0. The van der Waals surface area contributed by atoms with Crippen LogP contribution in [0.1, 0.15) is 49.4 Å². The topological polar surface area (TPSA) is 105 Å². The summed E-state index contributed by atoms with van der Waals surface area (Å²) in [7, 11) is 0. The van der Waals surface area contributed by atoms with E-state index in [-0.39, 0.29) is 11.6 Å². The minimum Gasteiger partial charge on any atom is -0.366 e. The maximum Gasteiger partial charge on any atom is 0.313 e. The van der Waals surface area contributed by atoms with Crippen LogP contribution < -0.4 is 11.1 Å². The van der Waals surface area contributed by atoms with E-state index >= 15 is 0 Å². The van der Waals surface area contributed by atoms with Gasteiger partial charge in [0.2, 0.25) is 5.91 Å². The van der Waals surface area contributed by atoms with Gasteiger partial charge in [0.1, 0.15) is 0 Å². The fraction of sp³-hybridized carbons (Fsp3) is 0.556. The van der Waals surface area contributed by atoms with Crippen molar-refractivity contribution in [3.63, 3.8) is 0 Å². The van der Waals surface area contributed by atoms with Gasteiger partial charge in [-0.3, -0.25) is 19.4 Å². The summed E-state index contributed by atoms with van der Waals surface area (Å²) in [4.78, 5) is 42.0. The Labute approximate surface area is 147 Å². The van der Waals surface area contributed by atoms with E-state index < -0.39 is 17.7 Å². The van der Waals surface area contributed by atoms with Crippen LogP contribution in [0.2, 0.25) is 0 Å². The highest BCUT2D eigenvalue weighted by molar-refractivity contribution is 6.39. The molecule has 7 heteroatoms. The molecule has 0 bridgehead atoms. The normalized spacial score (nSPS) is 23.6. The van der Waals surface area contributed by atoms with Gasteiger partial charge in [-0.25, -0.2) is 0 Å². The van der Waals surface area contributed by atoms with Crippen molar-refractivity contribution < 1.29 is 14.4 Å². The Kier molecular flexibility index (Phi) is 5.01. The van der Waals surface area contributed by atoms with E-state index in [0.717, 1.165) is 25.7 Å². The molecule has 0 unspecified atom stereocenters. The summed E-state index contributed by atoms with van der Waals surface area (Å²) in [5.41, 5.74) is 5.69. The van der Waals surface area contributed by atoms with Crippen LogP contribution >= 0.6 is 0 Å². The first-order chi connectivity index (χ1) is 12.0. The van der Waals surface area contributed by atoms with E-state index in [9.17, 15) is 14.4 Å². The van der Waals surface area contributed by atoms with Gasteiger partial charge >= 0.3 is 11.8 Å². The number of aromatic nitrogens is 1. The second-order valence-electron chi connectivity index (χ2n) is 7.18. The number of nitrogens with one attached hydrogen (secondary N) is 1. The second kappa shape index (κ2) is 7.21. The molecular weight excluding hydrogens is 320 g/mol. The molecule has 1 aromatic rings. The standard InChI is InChI=1S/C18H24N4O3/c1-11-5-6-15(12-3-2-4-12)22(10-11)18(25)17(24)21-14-7-13(16(19)23)8-20-9-14/h7-9,11-12,15H,2-6,10H2,1H3,(H2,19,23)(H,21,24)/t11-,15+/m0/s1. The van der Waals surface area contributed by atoms with Gasteiger partial charge in [0.15, 0.2) is 0 Å². The molecule has 0 aromatic carbocycles. The Balaban J connectivity index is 1.70. The minimum absolute atomic E-state index is 0.165. The molecule has 2 atom stereocenters. The maximum atomic E-state index is 12.7. The quantitative estimate of drug-likeness (QED) is 0.811. The Morgan fingerprint density at radius 2 is 1.96 bits per heavy atom. The van der Waals surface area contributed by atoms with Gasteiger partial charge in [-0.2, -0.15) is 0 Å². The number of pyridine rings is 1. The van der Waals surface area contributed by atoms with Crippen LogP contribution in [0.25, 0.3) is 0 Å². The molecule has 1 aliphatic carbocycles. The van der Waals surface area contributed by atoms with Crippen molar-refractivity contribution in [3.8, 4) is 0 Å². The van der Waals surface area contributed by atoms with Gasteiger partial charge in [0, 0.05) is 18.8 Å². The monoisotopic (exact) mass is 344 g/mol. The van der Waals surface area contributed by atoms with Crippen molar-refractivity contribution in [1.82, 2.24) is 9.88 Å². The van der Waals surface area contributed by atoms with E-state index in [1.165, 1.54) is 24.9 Å². The molecule has 2 heterocycles. The highest BCUT2D eigenvalue weighted by Gasteiger charge is 2.39. The van der Waals surface area contributed by atoms with Crippen molar-refractivity contribution in [2.75, 3.05) is 11.9 Å². The molecule has 3 N–H and O–H groups in total. The maximum absolute atomic E-state index is 12.7. The van der Waals surface area contributed by atoms with Crippen LogP contribution in [0.4, 0.5) is 5.69 Å². The lowest BCUT2D eigenvalue weighted by molar-refractivity contribution is -0.148. The zero-order chi connectivity index (χ0) is 18.0. The van der Waals surface area contributed by atoms with Crippen molar-refractivity contribution in [2.45, 2.75) is 45.1 Å².